The van der Waals surface area contributed by atoms with Crippen LogP contribution in [0.1, 0.15) is 33.1 Å². The van der Waals surface area contributed by atoms with E-state index in [0.29, 0.717) is 22.7 Å². The van der Waals surface area contributed by atoms with E-state index in [4.69, 9.17) is 14.7 Å². The lowest BCUT2D eigenvalue weighted by Gasteiger charge is -2.36. The van der Waals surface area contributed by atoms with Crippen molar-refractivity contribution in [3.05, 3.63) is 151 Å². The van der Waals surface area contributed by atoms with Crippen molar-refractivity contribution in [2.24, 2.45) is 0 Å². The van der Waals surface area contributed by atoms with E-state index in [2.05, 4.69) is 9.38 Å². The van der Waals surface area contributed by atoms with Gasteiger partial charge in [-0.3, -0.25) is 8.97 Å². The largest absolute Gasteiger partial charge is 0.457 e. The highest BCUT2D eigenvalue weighted by molar-refractivity contribution is 6.02. The second kappa shape index (κ2) is 9.77. The molecule has 6 nitrogen and oxygen atoms in total. The van der Waals surface area contributed by atoms with Gasteiger partial charge in [-0.2, -0.15) is 0 Å². The Hall–Kier alpha value is -6.53. The highest BCUT2D eigenvalue weighted by atomic mass is 16.5. The van der Waals surface area contributed by atoms with Gasteiger partial charge in [0.25, 0.3) is 0 Å². The van der Waals surface area contributed by atoms with Crippen molar-refractivity contribution in [1.82, 2.24) is 23.9 Å². The molecule has 0 saturated heterocycles. The Morgan fingerprint density at radius 2 is 1.26 bits per heavy atom. The second-order valence-corrected chi connectivity index (χ2v) is 12.9. The third kappa shape index (κ3) is 3.59. The Morgan fingerprint density at radius 1 is 0.600 bits per heavy atom. The molecule has 0 spiro atoms. The van der Waals surface area contributed by atoms with Crippen LogP contribution in [0, 0.1) is 0 Å². The standard InChI is InChI=1S/C44H29N5O/c1-44(2)34-21-26(48-38-17-9-10-18-39(38)49-37-16-8-7-15-36(37)47-43(48)49)19-20-40(34)50-41-23-32-27-11-3-4-12-28(27)33-24-45-25-46-42(33)30-14-6-5-13-29(30)31(32)22-35(41)44/h3-25H,1-2H3/i1D3,2D3. The molecule has 1 aliphatic carbocycles. The number of fused-ring (bicyclic) bond motifs is 15. The highest BCUT2D eigenvalue weighted by Crippen LogP contribution is 2.54. The second-order valence-electron chi connectivity index (χ2n) is 12.9. The zero-order valence-corrected chi connectivity index (χ0v) is 26.4. The summed E-state index contributed by atoms with van der Waals surface area (Å²) in [5.74, 6) is 0.938. The molecule has 6 aromatic carbocycles. The number of para-hydroxylation sites is 4. The summed E-state index contributed by atoms with van der Waals surface area (Å²) in [5, 5.41) is 0. The fraction of sp³-hybridized carbons (Fsp3) is 0.0682. The lowest BCUT2D eigenvalue weighted by Crippen LogP contribution is -2.25. The molecular formula is C44H29N5O. The van der Waals surface area contributed by atoms with Crippen molar-refractivity contribution < 1.29 is 13.0 Å². The number of nitrogens with zero attached hydrogens (tertiary/aromatic N) is 5. The molecule has 0 radical (unpaired) electrons. The quantitative estimate of drug-likeness (QED) is 0.178. The van der Waals surface area contributed by atoms with Gasteiger partial charge in [0.1, 0.15) is 17.8 Å². The highest BCUT2D eigenvalue weighted by Gasteiger charge is 2.37. The summed E-state index contributed by atoms with van der Waals surface area (Å²) < 4.78 is 66.0. The van der Waals surface area contributed by atoms with Crippen molar-refractivity contribution in [3.63, 3.8) is 0 Å². The van der Waals surface area contributed by atoms with Crippen LogP contribution in [-0.4, -0.2) is 23.9 Å². The third-order valence-corrected chi connectivity index (χ3v) is 10.2. The van der Waals surface area contributed by atoms with E-state index in [-0.39, 0.29) is 22.6 Å². The Bertz CT molecular complexity index is 3110. The van der Waals surface area contributed by atoms with E-state index >= 15 is 0 Å². The molecule has 0 atom stereocenters. The lowest BCUT2D eigenvalue weighted by atomic mass is 9.73. The molecule has 0 amide bonds. The number of ether oxygens (including phenoxy) is 1. The topological polar surface area (TPSA) is 57.2 Å². The first-order chi connectivity index (χ1) is 27.1. The van der Waals surface area contributed by atoms with Gasteiger partial charge in [0.15, 0.2) is 0 Å². The van der Waals surface area contributed by atoms with Gasteiger partial charge >= 0.3 is 0 Å². The predicted octanol–water partition coefficient (Wildman–Crippen LogP) is 10.6. The molecule has 0 fully saturated rings. The Morgan fingerprint density at radius 3 is 2.08 bits per heavy atom. The van der Waals surface area contributed by atoms with E-state index in [9.17, 15) is 8.22 Å². The summed E-state index contributed by atoms with van der Waals surface area (Å²) in [5.41, 5.74) is 7.91. The van der Waals surface area contributed by atoms with Crippen LogP contribution in [0.25, 0.3) is 78.2 Å². The molecule has 0 bridgehead atoms. The van der Waals surface area contributed by atoms with Crippen molar-refractivity contribution in [2.45, 2.75) is 19.1 Å². The van der Waals surface area contributed by atoms with Crippen LogP contribution in [0.15, 0.2) is 140 Å². The zero-order valence-electron chi connectivity index (χ0n) is 32.4. The van der Waals surface area contributed by atoms with Crippen molar-refractivity contribution in [2.75, 3.05) is 0 Å². The van der Waals surface area contributed by atoms with Gasteiger partial charge in [-0.25, -0.2) is 15.0 Å². The van der Waals surface area contributed by atoms with E-state index in [1.165, 1.54) is 6.33 Å². The van der Waals surface area contributed by atoms with Crippen molar-refractivity contribution >= 4 is 27.8 Å². The fourth-order valence-corrected chi connectivity index (χ4v) is 7.93. The summed E-state index contributed by atoms with van der Waals surface area (Å²) in [6.45, 7) is -6.12. The van der Waals surface area contributed by atoms with Crippen molar-refractivity contribution in [1.29, 1.82) is 0 Å². The minimum absolute atomic E-state index is 0.0482. The molecule has 4 heterocycles. The molecule has 3 aromatic heterocycles. The minimum atomic E-state index is -3.06. The number of benzene rings is 6. The number of rotatable bonds is 1. The smallest absolute Gasteiger partial charge is 0.220 e. The van der Waals surface area contributed by atoms with E-state index in [0.717, 1.165) is 55.4 Å². The first kappa shape index (κ1) is 22.2. The van der Waals surface area contributed by atoms with Crippen LogP contribution < -0.4 is 4.74 Å². The normalized spacial score (nSPS) is 16.0. The summed E-state index contributed by atoms with van der Waals surface area (Å²) >= 11 is 0. The molecule has 50 heavy (non-hydrogen) atoms. The molecule has 9 aromatic rings. The van der Waals surface area contributed by atoms with Gasteiger partial charge in [-0.1, -0.05) is 86.5 Å². The lowest BCUT2D eigenvalue weighted by molar-refractivity contribution is 0.418. The zero-order chi connectivity index (χ0) is 38.1. The SMILES string of the molecule is [2H]C([2H])([2H])C1(C([2H])([2H])[2H])c2cc(-n3c4ccccc4n4c5ccccc5nc34)ccc2Oc2cc3c(cc21)-c1ccccc1-c1ncncc1-c1ccccc1-3. The fourth-order valence-electron chi connectivity index (χ4n) is 7.93. The average Bonchev–Trinajstić information content (AvgIpc) is 3.72. The Labute approximate surface area is 296 Å². The van der Waals surface area contributed by atoms with Gasteiger partial charge in [0.05, 0.1) is 27.8 Å². The molecule has 11 rings (SSSR count). The third-order valence-electron chi connectivity index (χ3n) is 10.2. The molecule has 0 N–H and O–H groups in total. The Balaban J connectivity index is 1.23. The molecular weight excluding hydrogens is 615 g/mol. The predicted molar refractivity (Wildman–Crippen MR) is 199 cm³/mol. The molecule has 6 heteroatoms. The van der Waals surface area contributed by atoms with Crippen LogP contribution in [0.2, 0.25) is 0 Å². The first-order valence-electron chi connectivity index (χ1n) is 19.4. The Kier molecular flexibility index (Phi) is 4.33. The van der Waals surface area contributed by atoms with Gasteiger partial charge in [0.2, 0.25) is 5.78 Å². The van der Waals surface area contributed by atoms with E-state index in [1.807, 2.05) is 108 Å². The van der Waals surface area contributed by atoms with Crippen molar-refractivity contribution in [3.8, 4) is 61.8 Å². The number of aromatic nitrogens is 5. The van der Waals surface area contributed by atoms with E-state index in [1.54, 1.807) is 30.5 Å². The molecule has 0 unspecified atom stereocenters. The van der Waals surface area contributed by atoms with Gasteiger partial charge in [-0.15, -0.1) is 0 Å². The summed E-state index contributed by atoms with van der Waals surface area (Å²) in [6, 6.07) is 40.1. The summed E-state index contributed by atoms with van der Waals surface area (Å²) in [4.78, 5) is 14.1. The maximum Gasteiger partial charge on any atom is 0.220 e. The van der Waals surface area contributed by atoms with Gasteiger partial charge in [-0.05, 0) is 82.4 Å². The maximum atomic E-state index is 9.23. The molecule has 1 aliphatic heterocycles. The van der Waals surface area contributed by atoms with Gasteiger partial charge < -0.3 is 4.74 Å². The molecule has 0 saturated carbocycles. The average molecular weight is 650 g/mol. The number of hydrogen-bond acceptors (Lipinski definition) is 4. The molecule has 236 valence electrons. The number of hydrogen-bond donors (Lipinski definition) is 0. The van der Waals surface area contributed by atoms with E-state index < -0.39 is 19.1 Å². The number of imidazole rings is 2. The monoisotopic (exact) mass is 649 g/mol. The summed E-state index contributed by atoms with van der Waals surface area (Å²) in [6.07, 6.45) is 3.31. The van der Waals surface area contributed by atoms with Crippen LogP contribution in [-0.2, 0) is 5.41 Å². The van der Waals surface area contributed by atoms with Crippen LogP contribution in [0.4, 0.5) is 0 Å². The molecule has 2 aliphatic rings. The van der Waals surface area contributed by atoms with Crippen LogP contribution >= 0.6 is 0 Å². The van der Waals surface area contributed by atoms with Crippen LogP contribution in [0.5, 0.6) is 11.5 Å². The summed E-state index contributed by atoms with van der Waals surface area (Å²) in [7, 11) is 0. The van der Waals surface area contributed by atoms with Gasteiger partial charge in [0, 0.05) is 47.8 Å². The maximum absolute atomic E-state index is 9.23. The van der Waals surface area contributed by atoms with Crippen LogP contribution in [0.3, 0.4) is 0 Å². The first-order valence-corrected chi connectivity index (χ1v) is 16.4. The minimum Gasteiger partial charge on any atom is -0.457 e.